The predicted octanol–water partition coefficient (Wildman–Crippen LogP) is 0.574. The topological polar surface area (TPSA) is 127 Å². The first-order chi connectivity index (χ1) is 9.06. The van der Waals surface area contributed by atoms with Crippen LogP contribution in [0.25, 0.3) is 0 Å². The van der Waals surface area contributed by atoms with Crippen LogP contribution in [0.2, 0.25) is 0 Å². The fourth-order valence-corrected chi connectivity index (χ4v) is 2.13. The van der Waals surface area contributed by atoms with Gasteiger partial charge in [0.2, 0.25) is 5.89 Å². The summed E-state index contributed by atoms with van der Waals surface area (Å²) in [6.45, 7) is 2.32. The fraction of sp³-hybridized carbons (Fsp3) is 0.400. The minimum Gasteiger partial charge on any atom is -0.480 e. The number of nitrogens with two attached hydrogens (primary N) is 1. The number of aliphatic carboxylic acids is 1. The van der Waals surface area contributed by atoms with E-state index < -0.39 is 12.0 Å². The molecule has 0 spiro atoms. The van der Waals surface area contributed by atoms with Crippen LogP contribution < -0.4 is 11.1 Å². The average molecular weight is 283 g/mol. The maximum absolute atomic E-state index is 10.7. The van der Waals surface area contributed by atoms with Crippen molar-refractivity contribution in [1.82, 2.24) is 15.1 Å². The molecule has 1 atom stereocenters. The van der Waals surface area contributed by atoms with Crippen LogP contribution in [0.4, 0.5) is 5.13 Å². The highest BCUT2D eigenvalue weighted by Gasteiger charge is 2.17. The Balaban J connectivity index is 1.85. The summed E-state index contributed by atoms with van der Waals surface area (Å²) < 4.78 is 4.96. The van der Waals surface area contributed by atoms with Crippen LogP contribution in [0.15, 0.2) is 9.90 Å². The maximum Gasteiger partial charge on any atom is 0.326 e. The number of aryl methyl sites for hydroxylation is 1. The van der Waals surface area contributed by atoms with E-state index in [1.165, 1.54) is 11.3 Å². The Hall–Kier alpha value is -2.00. The number of carboxylic acid groups (broad SMARTS) is 1. The molecule has 0 aromatic carbocycles. The molecule has 0 fully saturated rings. The third kappa shape index (κ3) is 3.48. The van der Waals surface area contributed by atoms with E-state index in [0.29, 0.717) is 35.5 Å². The highest BCUT2D eigenvalue weighted by molar-refractivity contribution is 7.13. The smallest absolute Gasteiger partial charge is 0.326 e. The van der Waals surface area contributed by atoms with E-state index in [1.54, 1.807) is 12.3 Å². The van der Waals surface area contributed by atoms with Gasteiger partial charge in [-0.1, -0.05) is 5.16 Å². The molecule has 1 unspecified atom stereocenters. The van der Waals surface area contributed by atoms with Crippen LogP contribution in [0.5, 0.6) is 0 Å². The van der Waals surface area contributed by atoms with Crippen LogP contribution >= 0.6 is 11.3 Å². The molecule has 0 aliphatic rings. The summed E-state index contributed by atoms with van der Waals surface area (Å²) in [5, 5.41) is 17.7. The second-order valence-corrected chi connectivity index (χ2v) is 4.66. The summed E-state index contributed by atoms with van der Waals surface area (Å²) in [5.41, 5.74) is 5.80. The molecule has 0 radical (unpaired) electrons. The third-order valence-corrected chi connectivity index (χ3v) is 3.11. The minimum absolute atomic E-state index is 0.341. The van der Waals surface area contributed by atoms with Crippen molar-refractivity contribution in [2.75, 3.05) is 11.9 Å². The van der Waals surface area contributed by atoms with Crippen molar-refractivity contribution >= 4 is 22.4 Å². The van der Waals surface area contributed by atoms with Gasteiger partial charge >= 0.3 is 5.97 Å². The Labute approximate surface area is 112 Å². The van der Waals surface area contributed by atoms with E-state index >= 15 is 0 Å². The van der Waals surface area contributed by atoms with Crippen molar-refractivity contribution in [3.63, 3.8) is 0 Å². The number of hydrogen-bond donors (Lipinski definition) is 3. The van der Waals surface area contributed by atoms with E-state index in [9.17, 15) is 4.79 Å². The second kappa shape index (κ2) is 5.76. The van der Waals surface area contributed by atoms with Gasteiger partial charge < -0.3 is 20.7 Å². The SMILES string of the molecule is Cc1noc(CCNc2nc(C(N)C(=O)O)cs2)n1. The molecule has 2 aromatic rings. The Bertz CT molecular complexity index is 567. The molecule has 9 heteroatoms. The lowest BCUT2D eigenvalue weighted by molar-refractivity contribution is -0.138. The quantitative estimate of drug-likeness (QED) is 0.702. The summed E-state index contributed by atoms with van der Waals surface area (Å²) in [5.74, 6) is 0.0427. The minimum atomic E-state index is -1.10. The summed E-state index contributed by atoms with van der Waals surface area (Å²) in [7, 11) is 0. The van der Waals surface area contributed by atoms with Crippen molar-refractivity contribution in [2.45, 2.75) is 19.4 Å². The van der Waals surface area contributed by atoms with Crippen molar-refractivity contribution < 1.29 is 14.4 Å². The van der Waals surface area contributed by atoms with Crippen LogP contribution in [0.3, 0.4) is 0 Å². The largest absolute Gasteiger partial charge is 0.480 e. The normalized spacial score (nSPS) is 12.3. The zero-order valence-electron chi connectivity index (χ0n) is 10.2. The number of aromatic nitrogens is 3. The molecule has 2 rings (SSSR count). The number of carboxylic acids is 1. The van der Waals surface area contributed by atoms with Gasteiger partial charge in [-0.15, -0.1) is 11.3 Å². The molecule has 0 saturated heterocycles. The van der Waals surface area contributed by atoms with Gasteiger partial charge in [0.15, 0.2) is 11.0 Å². The Morgan fingerprint density at radius 1 is 1.63 bits per heavy atom. The van der Waals surface area contributed by atoms with Gasteiger partial charge in [-0.2, -0.15) is 4.98 Å². The fourth-order valence-electron chi connectivity index (χ4n) is 1.35. The van der Waals surface area contributed by atoms with Gasteiger partial charge in [0.1, 0.15) is 6.04 Å². The molecule has 102 valence electrons. The molecule has 0 saturated carbocycles. The molecule has 0 aliphatic carbocycles. The Morgan fingerprint density at radius 2 is 2.42 bits per heavy atom. The lowest BCUT2D eigenvalue weighted by Crippen LogP contribution is -2.21. The maximum atomic E-state index is 10.7. The highest BCUT2D eigenvalue weighted by atomic mass is 32.1. The van der Waals surface area contributed by atoms with Crippen LogP contribution in [0.1, 0.15) is 23.5 Å². The molecule has 0 amide bonds. The zero-order chi connectivity index (χ0) is 13.8. The van der Waals surface area contributed by atoms with Gasteiger partial charge in [-0.3, -0.25) is 4.79 Å². The van der Waals surface area contributed by atoms with Gasteiger partial charge in [0, 0.05) is 18.3 Å². The first kappa shape index (κ1) is 13.4. The van der Waals surface area contributed by atoms with Gasteiger partial charge in [-0.05, 0) is 6.92 Å². The monoisotopic (exact) mass is 283 g/mol. The molecule has 0 aliphatic heterocycles. The molecule has 19 heavy (non-hydrogen) atoms. The number of carbonyl (C=O) groups is 1. The van der Waals surface area contributed by atoms with Gasteiger partial charge in [-0.25, -0.2) is 4.98 Å². The predicted molar refractivity (Wildman–Crippen MR) is 67.9 cm³/mol. The number of thiazole rings is 1. The average Bonchev–Trinajstić information content (AvgIpc) is 2.98. The lowest BCUT2D eigenvalue weighted by Gasteiger charge is -2.01. The van der Waals surface area contributed by atoms with Crippen molar-refractivity contribution in [3.05, 3.63) is 22.8 Å². The van der Waals surface area contributed by atoms with E-state index in [4.69, 9.17) is 15.4 Å². The number of nitrogens with zero attached hydrogens (tertiary/aromatic N) is 3. The number of anilines is 1. The van der Waals surface area contributed by atoms with Crippen molar-refractivity contribution in [2.24, 2.45) is 5.73 Å². The summed E-state index contributed by atoms with van der Waals surface area (Å²) in [6, 6.07) is -1.09. The molecule has 2 aromatic heterocycles. The lowest BCUT2D eigenvalue weighted by atomic mass is 10.2. The molecular formula is C10H13N5O3S. The first-order valence-electron chi connectivity index (χ1n) is 5.53. The number of nitrogens with one attached hydrogen (secondary N) is 1. The Morgan fingerprint density at radius 3 is 3.05 bits per heavy atom. The van der Waals surface area contributed by atoms with E-state index in [-0.39, 0.29) is 0 Å². The number of hydrogen-bond acceptors (Lipinski definition) is 8. The molecular weight excluding hydrogens is 270 g/mol. The van der Waals surface area contributed by atoms with E-state index in [2.05, 4.69) is 20.4 Å². The van der Waals surface area contributed by atoms with E-state index in [1.807, 2.05) is 0 Å². The molecule has 8 nitrogen and oxygen atoms in total. The zero-order valence-corrected chi connectivity index (χ0v) is 11.0. The van der Waals surface area contributed by atoms with Crippen molar-refractivity contribution in [3.8, 4) is 0 Å². The first-order valence-corrected chi connectivity index (χ1v) is 6.41. The second-order valence-electron chi connectivity index (χ2n) is 3.81. The Kier molecular flexibility index (Phi) is 4.07. The molecule has 4 N–H and O–H groups in total. The van der Waals surface area contributed by atoms with Gasteiger partial charge in [0.05, 0.1) is 5.69 Å². The van der Waals surface area contributed by atoms with Crippen LogP contribution in [-0.4, -0.2) is 32.7 Å². The molecule has 2 heterocycles. The van der Waals surface area contributed by atoms with Gasteiger partial charge in [0.25, 0.3) is 0 Å². The summed E-state index contributed by atoms with van der Waals surface area (Å²) >= 11 is 1.30. The van der Waals surface area contributed by atoms with Crippen molar-refractivity contribution in [1.29, 1.82) is 0 Å². The summed E-state index contributed by atoms with van der Waals surface area (Å²) in [4.78, 5) is 18.9. The molecule has 0 bridgehead atoms. The van der Waals surface area contributed by atoms with Crippen LogP contribution in [0, 0.1) is 6.92 Å². The summed E-state index contributed by atoms with van der Waals surface area (Å²) in [6.07, 6.45) is 0.570. The standard InChI is InChI=1S/C10H13N5O3S/c1-5-13-7(18-15-5)2-3-12-10-14-6(4-19-10)8(11)9(16)17/h4,8H,2-3,11H2,1H3,(H,12,14)(H,16,17). The third-order valence-electron chi connectivity index (χ3n) is 2.29. The van der Waals surface area contributed by atoms with E-state index in [0.717, 1.165) is 0 Å². The highest BCUT2D eigenvalue weighted by Crippen LogP contribution is 2.19. The van der Waals surface area contributed by atoms with Crippen LogP contribution in [-0.2, 0) is 11.2 Å². The number of rotatable bonds is 6.